The van der Waals surface area contributed by atoms with Gasteiger partial charge < -0.3 is 10.1 Å². The molecule has 0 aromatic heterocycles. The number of nitrogens with one attached hydrogen (secondary N) is 1. The first-order chi connectivity index (χ1) is 11.2. The van der Waals surface area contributed by atoms with Crippen LogP contribution in [0.5, 0.6) is 5.75 Å². The Morgan fingerprint density at radius 1 is 1.21 bits per heavy atom. The predicted molar refractivity (Wildman–Crippen MR) is 99.0 cm³/mol. The average Bonchev–Trinajstić information content (AvgIpc) is 2.53. The van der Waals surface area contributed by atoms with E-state index < -0.39 is 0 Å². The van der Waals surface area contributed by atoms with Crippen molar-refractivity contribution in [3.05, 3.63) is 29.8 Å². The maximum absolute atomic E-state index is 13.0. The van der Waals surface area contributed by atoms with E-state index in [1.165, 1.54) is 6.42 Å². The first-order valence-corrected chi connectivity index (χ1v) is 9.18. The Bertz CT molecular complexity index is 547. The summed E-state index contributed by atoms with van der Waals surface area (Å²) in [4.78, 5) is 13.0. The fourth-order valence-electron chi connectivity index (χ4n) is 3.99. The van der Waals surface area contributed by atoms with Gasteiger partial charge in [0.05, 0.1) is 13.2 Å². The van der Waals surface area contributed by atoms with Crippen molar-refractivity contribution in [2.75, 3.05) is 7.11 Å². The van der Waals surface area contributed by atoms with Crippen LogP contribution in [0.2, 0.25) is 0 Å². The minimum Gasteiger partial charge on any atom is -0.497 e. The molecule has 1 aromatic carbocycles. The highest BCUT2D eigenvalue weighted by molar-refractivity contribution is 5.79. The maximum Gasteiger partial charge on any atom is 0.223 e. The quantitative estimate of drug-likeness (QED) is 0.827. The molecule has 3 atom stereocenters. The van der Waals surface area contributed by atoms with Crippen LogP contribution in [0.15, 0.2) is 24.3 Å². The van der Waals surface area contributed by atoms with Gasteiger partial charge in [-0.2, -0.15) is 0 Å². The van der Waals surface area contributed by atoms with Crippen LogP contribution < -0.4 is 10.1 Å². The third-order valence-electron chi connectivity index (χ3n) is 5.61. The van der Waals surface area contributed by atoms with E-state index in [9.17, 15) is 4.79 Å². The Balaban J connectivity index is 2.07. The summed E-state index contributed by atoms with van der Waals surface area (Å²) < 4.78 is 5.20. The number of carbonyl (C=O) groups is 1. The molecule has 0 spiro atoms. The van der Waals surface area contributed by atoms with E-state index in [4.69, 9.17) is 4.74 Å². The fourth-order valence-corrected chi connectivity index (χ4v) is 3.99. The second-order valence-corrected chi connectivity index (χ2v) is 8.42. The molecule has 1 aliphatic rings. The SMILES string of the molecule is COc1ccc(C(C)NC(=O)C2CC(C)(C)CCC2C(C)C)cc1. The first kappa shape index (κ1) is 18.8. The van der Waals surface area contributed by atoms with E-state index in [-0.39, 0.29) is 23.3 Å². The number of ether oxygens (including phenoxy) is 1. The number of hydrogen-bond donors (Lipinski definition) is 1. The van der Waals surface area contributed by atoms with Crippen molar-refractivity contribution in [2.45, 2.75) is 59.9 Å². The van der Waals surface area contributed by atoms with Crippen LogP contribution in [-0.2, 0) is 4.79 Å². The van der Waals surface area contributed by atoms with Crippen molar-refractivity contribution in [1.29, 1.82) is 0 Å². The lowest BCUT2D eigenvalue weighted by Gasteiger charge is -2.42. The van der Waals surface area contributed by atoms with Crippen molar-refractivity contribution in [3.63, 3.8) is 0 Å². The molecule has 1 saturated carbocycles. The summed E-state index contributed by atoms with van der Waals surface area (Å²) in [6.45, 7) is 11.1. The number of carbonyl (C=O) groups excluding carboxylic acids is 1. The van der Waals surface area contributed by atoms with Gasteiger partial charge in [0.15, 0.2) is 0 Å². The minimum absolute atomic E-state index is 0.0151. The van der Waals surface area contributed by atoms with Gasteiger partial charge in [-0.25, -0.2) is 0 Å². The van der Waals surface area contributed by atoms with Crippen LogP contribution in [0, 0.1) is 23.2 Å². The third-order valence-corrected chi connectivity index (χ3v) is 5.61. The summed E-state index contributed by atoms with van der Waals surface area (Å²) in [5.41, 5.74) is 1.37. The molecule has 2 rings (SSSR count). The molecule has 0 bridgehead atoms. The van der Waals surface area contributed by atoms with E-state index in [0.29, 0.717) is 11.8 Å². The molecule has 24 heavy (non-hydrogen) atoms. The summed E-state index contributed by atoms with van der Waals surface area (Å²) >= 11 is 0. The van der Waals surface area contributed by atoms with Crippen LogP contribution in [0.4, 0.5) is 0 Å². The second-order valence-electron chi connectivity index (χ2n) is 8.42. The van der Waals surface area contributed by atoms with Crippen LogP contribution in [0.25, 0.3) is 0 Å². The van der Waals surface area contributed by atoms with E-state index in [1.807, 2.05) is 24.3 Å². The molecular weight excluding hydrogens is 298 g/mol. The molecular formula is C21H33NO2. The summed E-state index contributed by atoms with van der Waals surface area (Å²) in [5.74, 6) is 2.21. The van der Waals surface area contributed by atoms with Gasteiger partial charge in [0.25, 0.3) is 0 Å². The van der Waals surface area contributed by atoms with Crippen molar-refractivity contribution in [2.24, 2.45) is 23.2 Å². The van der Waals surface area contributed by atoms with Gasteiger partial charge in [0.2, 0.25) is 5.91 Å². The Morgan fingerprint density at radius 2 is 1.83 bits per heavy atom. The highest BCUT2D eigenvalue weighted by Gasteiger charge is 2.40. The van der Waals surface area contributed by atoms with Gasteiger partial charge in [-0.05, 0) is 61.1 Å². The summed E-state index contributed by atoms with van der Waals surface area (Å²) in [6.07, 6.45) is 3.35. The van der Waals surface area contributed by atoms with Crippen molar-refractivity contribution < 1.29 is 9.53 Å². The third kappa shape index (κ3) is 4.52. The minimum atomic E-state index is 0.0151. The molecule has 1 amide bonds. The molecule has 3 unspecified atom stereocenters. The Labute approximate surface area is 147 Å². The molecule has 1 N–H and O–H groups in total. The summed E-state index contributed by atoms with van der Waals surface area (Å²) in [7, 11) is 1.66. The number of amides is 1. The largest absolute Gasteiger partial charge is 0.497 e. The zero-order valence-corrected chi connectivity index (χ0v) is 16.1. The smallest absolute Gasteiger partial charge is 0.223 e. The normalized spacial score (nSPS) is 24.5. The highest BCUT2D eigenvalue weighted by Crippen LogP contribution is 2.44. The number of hydrogen-bond acceptors (Lipinski definition) is 2. The topological polar surface area (TPSA) is 38.3 Å². The lowest BCUT2D eigenvalue weighted by Crippen LogP contribution is -2.43. The molecule has 0 radical (unpaired) electrons. The lowest BCUT2D eigenvalue weighted by atomic mass is 9.64. The number of methoxy groups -OCH3 is 1. The molecule has 0 heterocycles. The van der Waals surface area contributed by atoms with Crippen molar-refractivity contribution >= 4 is 5.91 Å². The van der Waals surface area contributed by atoms with Gasteiger partial charge in [0, 0.05) is 5.92 Å². The van der Waals surface area contributed by atoms with Gasteiger partial charge in [-0.3, -0.25) is 4.79 Å². The molecule has 0 saturated heterocycles. The zero-order chi connectivity index (χ0) is 17.9. The number of rotatable bonds is 5. The highest BCUT2D eigenvalue weighted by atomic mass is 16.5. The average molecular weight is 332 g/mol. The molecule has 3 heteroatoms. The fraction of sp³-hybridized carbons (Fsp3) is 0.667. The molecule has 0 aliphatic heterocycles. The van der Waals surface area contributed by atoms with Crippen LogP contribution >= 0.6 is 0 Å². The van der Waals surface area contributed by atoms with Gasteiger partial charge in [-0.15, -0.1) is 0 Å². The molecule has 1 fully saturated rings. The first-order valence-electron chi connectivity index (χ1n) is 9.18. The van der Waals surface area contributed by atoms with E-state index in [1.54, 1.807) is 7.11 Å². The summed E-state index contributed by atoms with van der Waals surface area (Å²) in [5, 5.41) is 3.25. The van der Waals surface area contributed by atoms with E-state index in [0.717, 1.165) is 24.2 Å². The van der Waals surface area contributed by atoms with E-state index in [2.05, 4.69) is 39.9 Å². The Kier molecular flexibility index (Phi) is 5.95. The lowest BCUT2D eigenvalue weighted by molar-refractivity contribution is -0.131. The predicted octanol–water partition coefficient (Wildman–Crippen LogP) is 4.97. The van der Waals surface area contributed by atoms with Gasteiger partial charge in [-0.1, -0.05) is 39.8 Å². The molecule has 3 nitrogen and oxygen atoms in total. The number of benzene rings is 1. The second kappa shape index (κ2) is 7.58. The molecule has 1 aromatic rings. The Morgan fingerprint density at radius 3 is 2.38 bits per heavy atom. The zero-order valence-electron chi connectivity index (χ0n) is 16.1. The molecule has 1 aliphatic carbocycles. The summed E-state index contributed by atoms with van der Waals surface area (Å²) in [6, 6.07) is 7.95. The van der Waals surface area contributed by atoms with Crippen LogP contribution in [0.3, 0.4) is 0 Å². The van der Waals surface area contributed by atoms with E-state index >= 15 is 0 Å². The van der Waals surface area contributed by atoms with Crippen LogP contribution in [-0.4, -0.2) is 13.0 Å². The molecule has 134 valence electrons. The van der Waals surface area contributed by atoms with Gasteiger partial charge in [0.1, 0.15) is 5.75 Å². The van der Waals surface area contributed by atoms with Crippen molar-refractivity contribution in [1.82, 2.24) is 5.32 Å². The standard InChI is InChI=1S/C21H33NO2/c1-14(2)18-11-12-21(4,5)13-19(18)20(23)22-15(3)16-7-9-17(24-6)10-8-16/h7-10,14-15,18-19H,11-13H2,1-6H3,(H,22,23). The maximum atomic E-state index is 13.0. The van der Waals surface area contributed by atoms with Crippen molar-refractivity contribution in [3.8, 4) is 5.75 Å². The Hall–Kier alpha value is -1.51. The van der Waals surface area contributed by atoms with Crippen LogP contribution in [0.1, 0.15) is 65.5 Å². The monoisotopic (exact) mass is 331 g/mol. The van der Waals surface area contributed by atoms with Gasteiger partial charge >= 0.3 is 0 Å².